The molecule has 1 N–H and O–H groups in total. The molecule has 1 unspecified atom stereocenters. The number of rotatable bonds is 3. The Morgan fingerprint density at radius 1 is 1.23 bits per heavy atom. The highest BCUT2D eigenvalue weighted by Gasteiger charge is 2.39. The fraction of sp³-hybridized carbons (Fsp3) is 0.440. The van der Waals surface area contributed by atoms with Crippen molar-refractivity contribution < 1.29 is 4.79 Å². The van der Waals surface area contributed by atoms with Crippen LogP contribution < -0.4 is 5.32 Å². The Labute approximate surface area is 185 Å². The van der Waals surface area contributed by atoms with E-state index in [1.165, 1.54) is 24.0 Å². The molecule has 0 bridgehead atoms. The molecule has 0 radical (unpaired) electrons. The first-order valence-electron chi connectivity index (χ1n) is 10.5. The third-order valence-corrected chi connectivity index (χ3v) is 6.42. The van der Waals surface area contributed by atoms with Crippen LogP contribution in [-0.4, -0.2) is 23.9 Å². The molecule has 0 spiro atoms. The Morgan fingerprint density at radius 2 is 2.00 bits per heavy atom. The van der Waals surface area contributed by atoms with Crippen molar-refractivity contribution in [2.75, 3.05) is 18.4 Å². The summed E-state index contributed by atoms with van der Waals surface area (Å²) in [5, 5.41) is 12.5. The lowest BCUT2D eigenvalue weighted by Crippen LogP contribution is -2.42. The van der Waals surface area contributed by atoms with Crippen molar-refractivity contribution in [1.29, 1.82) is 5.26 Å². The van der Waals surface area contributed by atoms with E-state index in [0.717, 1.165) is 24.3 Å². The molecule has 2 aliphatic heterocycles. The summed E-state index contributed by atoms with van der Waals surface area (Å²) in [4.78, 5) is 15.4. The van der Waals surface area contributed by atoms with Crippen LogP contribution in [0.5, 0.6) is 0 Å². The van der Waals surface area contributed by atoms with E-state index < -0.39 is 0 Å². The fourth-order valence-electron chi connectivity index (χ4n) is 4.99. The Bertz CT molecular complexity index is 1010. The van der Waals surface area contributed by atoms with E-state index in [2.05, 4.69) is 56.1 Å². The lowest BCUT2D eigenvalue weighted by molar-refractivity contribution is 0.102. The van der Waals surface area contributed by atoms with Crippen molar-refractivity contribution >= 4 is 24.0 Å². The molecule has 1 atom stereocenters. The summed E-state index contributed by atoms with van der Waals surface area (Å²) in [5.41, 5.74) is 5.75. The minimum absolute atomic E-state index is 0. The zero-order chi connectivity index (χ0) is 20.8. The zero-order valence-electron chi connectivity index (χ0n) is 18.2. The second kappa shape index (κ2) is 8.41. The van der Waals surface area contributed by atoms with E-state index in [4.69, 9.17) is 0 Å². The second-order valence-corrected chi connectivity index (χ2v) is 9.34. The van der Waals surface area contributed by atoms with Gasteiger partial charge in [0.1, 0.15) is 0 Å². The van der Waals surface area contributed by atoms with Crippen LogP contribution in [-0.2, 0) is 5.41 Å². The third-order valence-electron chi connectivity index (χ3n) is 6.42. The molecule has 4 nitrogen and oxygen atoms in total. The molecule has 0 aromatic heterocycles. The van der Waals surface area contributed by atoms with Crippen LogP contribution in [0.3, 0.4) is 0 Å². The predicted octanol–water partition coefficient (Wildman–Crippen LogP) is 5.78. The molecule has 5 heteroatoms. The molecule has 2 aromatic carbocycles. The first-order chi connectivity index (χ1) is 13.8. The van der Waals surface area contributed by atoms with Gasteiger partial charge in [-0.2, -0.15) is 5.26 Å². The zero-order valence-corrected chi connectivity index (χ0v) is 19.0. The van der Waals surface area contributed by atoms with Gasteiger partial charge in [-0.3, -0.25) is 9.69 Å². The molecule has 158 valence electrons. The normalized spacial score (nSPS) is 19.4. The Kier molecular flexibility index (Phi) is 6.26. The van der Waals surface area contributed by atoms with Crippen molar-refractivity contribution in [3.8, 4) is 6.07 Å². The van der Waals surface area contributed by atoms with E-state index in [1.54, 1.807) is 6.07 Å². The van der Waals surface area contributed by atoms with E-state index in [1.807, 2.05) is 18.2 Å². The highest BCUT2D eigenvalue weighted by molar-refractivity contribution is 6.04. The molecular weight excluding hydrogens is 394 g/mol. The van der Waals surface area contributed by atoms with Gasteiger partial charge in [-0.05, 0) is 66.3 Å². The number of hydrogen-bond donors (Lipinski definition) is 1. The average Bonchev–Trinajstić information content (AvgIpc) is 3.14. The molecule has 1 amide bonds. The highest BCUT2D eigenvalue weighted by atomic mass is 35.5. The summed E-state index contributed by atoms with van der Waals surface area (Å²) >= 11 is 0. The summed E-state index contributed by atoms with van der Waals surface area (Å²) in [5.74, 6) is 0.0789. The van der Waals surface area contributed by atoms with Crippen molar-refractivity contribution in [1.82, 2.24) is 4.90 Å². The van der Waals surface area contributed by atoms with Gasteiger partial charge in [-0.15, -0.1) is 12.4 Å². The Balaban J connectivity index is 0.00000256. The van der Waals surface area contributed by atoms with Crippen molar-refractivity contribution in [2.24, 2.45) is 0 Å². The van der Waals surface area contributed by atoms with Crippen LogP contribution in [0, 0.1) is 11.3 Å². The number of nitrogens with zero attached hydrogens (tertiary/aromatic N) is 2. The van der Waals surface area contributed by atoms with Gasteiger partial charge in [0.2, 0.25) is 0 Å². The molecule has 1 saturated heterocycles. The van der Waals surface area contributed by atoms with Crippen molar-refractivity contribution in [3.63, 3.8) is 0 Å². The minimum Gasteiger partial charge on any atom is -0.322 e. The second-order valence-electron chi connectivity index (χ2n) is 9.34. The Hall–Kier alpha value is -2.35. The van der Waals surface area contributed by atoms with Crippen LogP contribution in [0.25, 0.3) is 0 Å². The molecule has 2 heterocycles. The Morgan fingerprint density at radius 3 is 2.70 bits per heavy atom. The van der Waals surface area contributed by atoms with Gasteiger partial charge in [0, 0.05) is 29.3 Å². The van der Waals surface area contributed by atoms with E-state index in [0.29, 0.717) is 17.2 Å². The number of nitrogens with one attached hydrogen (secondary N) is 1. The lowest BCUT2D eigenvalue weighted by Gasteiger charge is -2.42. The molecular formula is C25H30ClN3O. The molecule has 2 aliphatic rings. The smallest absolute Gasteiger partial charge is 0.255 e. The number of amides is 1. The van der Waals surface area contributed by atoms with Gasteiger partial charge in [0.15, 0.2) is 0 Å². The van der Waals surface area contributed by atoms with Crippen LogP contribution in [0.15, 0.2) is 36.4 Å². The molecule has 0 saturated carbocycles. The van der Waals surface area contributed by atoms with Gasteiger partial charge < -0.3 is 5.32 Å². The van der Waals surface area contributed by atoms with Gasteiger partial charge in [0.25, 0.3) is 5.91 Å². The van der Waals surface area contributed by atoms with E-state index >= 15 is 0 Å². The SMILES string of the molecule is CC(C)c1ccc(C(=O)Nc2ccc3c(c2)C2CCCN2CC3(C)C)cc1C#N.Cl. The summed E-state index contributed by atoms with van der Waals surface area (Å²) in [6.07, 6.45) is 2.42. The number of hydrogen-bond acceptors (Lipinski definition) is 3. The molecule has 1 fully saturated rings. The monoisotopic (exact) mass is 423 g/mol. The molecule has 2 aromatic rings. The van der Waals surface area contributed by atoms with E-state index in [9.17, 15) is 10.1 Å². The standard InChI is InChI=1S/C25H29N3O.ClH/c1-16(2)20-9-7-17(12-18(20)14-26)24(29)27-19-8-10-22-21(13-19)23-6-5-11-28(23)15-25(22,3)4;/h7-10,12-13,16,23H,5-6,11,15H2,1-4H3,(H,27,29);1H. The third kappa shape index (κ3) is 3.97. The molecule has 0 aliphatic carbocycles. The first kappa shape index (κ1) is 22.3. The highest BCUT2D eigenvalue weighted by Crippen LogP contribution is 2.45. The average molecular weight is 424 g/mol. The molecule has 4 rings (SSSR count). The van der Waals surface area contributed by atoms with E-state index in [-0.39, 0.29) is 29.6 Å². The number of halogens is 1. The number of fused-ring (bicyclic) bond motifs is 3. The maximum atomic E-state index is 12.9. The van der Waals surface area contributed by atoms with Crippen LogP contribution in [0.4, 0.5) is 5.69 Å². The van der Waals surface area contributed by atoms with Crippen molar-refractivity contribution in [3.05, 3.63) is 64.2 Å². The van der Waals surface area contributed by atoms with Crippen LogP contribution in [0.1, 0.15) is 85.1 Å². The summed E-state index contributed by atoms with van der Waals surface area (Å²) in [6, 6.07) is 14.4. The minimum atomic E-state index is -0.171. The quantitative estimate of drug-likeness (QED) is 0.680. The van der Waals surface area contributed by atoms with Gasteiger partial charge in [-0.1, -0.05) is 39.8 Å². The van der Waals surface area contributed by atoms with Crippen LogP contribution in [0.2, 0.25) is 0 Å². The number of nitriles is 1. The number of benzene rings is 2. The lowest BCUT2D eigenvalue weighted by atomic mass is 9.76. The first-order valence-corrected chi connectivity index (χ1v) is 10.5. The molecule has 30 heavy (non-hydrogen) atoms. The van der Waals surface area contributed by atoms with Gasteiger partial charge in [0.05, 0.1) is 11.6 Å². The summed E-state index contributed by atoms with van der Waals surface area (Å²) < 4.78 is 0. The topological polar surface area (TPSA) is 56.1 Å². The largest absolute Gasteiger partial charge is 0.322 e. The predicted molar refractivity (Wildman–Crippen MR) is 123 cm³/mol. The number of carbonyl (C=O) groups excluding carboxylic acids is 1. The van der Waals surface area contributed by atoms with Crippen LogP contribution >= 0.6 is 12.4 Å². The summed E-state index contributed by atoms with van der Waals surface area (Å²) in [6.45, 7) is 11.0. The number of anilines is 1. The number of carbonyl (C=O) groups is 1. The maximum Gasteiger partial charge on any atom is 0.255 e. The maximum absolute atomic E-state index is 12.9. The fourth-order valence-corrected chi connectivity index (χ4v) is 4.99. The van der Waals surface area contributed by atoms with Gasteiger partial charge >= 0.3 is 0 Å². The van der Waals surface area contributed by atoms with Gasteiger partial charge in [-0.25, -0.2) is 0 Å². The van der Waals surface area contributed by atoms with Crippen molar-refractivity contribution in [2.45, 2.75) is 57.9 Å². The summed E-state index contributed by atoms with van der Waals surface area (Å²) in [7, 11) is 0.